The second-order valence-electron chi connectivity index (χ2n) is 6.90. The van der Waals surface area contributed by atoms with E-state index in [1.807, 2.05) is 54.7 Å². The first-order valence-corrected chi connectivity index (χ1v) is 11.0. The number of ether oxygens (including phenoxy) is 1. The van der Waals surface area contributed by atoms with Gasteiger partial charge in [0.15, 0.2) is 5.09 Å². The first-order chi connectivity index (χ1) is 14.8. The molecule has 0 spiro atoms. The standard InChI is InChI=1S/C25H24N2O2S/c1-2-3-4-17-28-21-12-10-20(11-13-21)27-18-22-14-15-24(29-22)30-23-9-5-7-19-8-6-16-26-25(19)23/h5-16,18H,2-4,17H2,1H3. The molecule has 4 nitrogen and oxygen atoms in total. The molecule has 0 radical (unpaired) electrons. The van der Waals surface area contributed by atoms with Crippen LogP contribution in [-0.4, -0.2) is 17.8 Å². The third-order valence-corrected chi connectivity index (χ3v) is 5.57. The lowest BCUT2D eigenvalue weighted by Gasteiger charge is -2.05. The number of aliphatic imine (C=N–C) groups is 1. The maximum atomic E-state index is 5.92. The Hall–Kier alpha value is -3.05. The highest BCUT2D eigenvalue weighted by Crippen LogP contribution is 2.33. The third-order valence-electron chi connectivity index (χ3n) is 4.60. The number of unbranched alkanes of at least 4 members (excludes halogenated alkanes) is 2. The van der Waals surface area contributed by atoms with Crippen LogP contribution in [0.5, 0.6) is 5.75 Å². The smallest absolute Gasteiger partial charge is 0.165 e. The maximum absolute atomic E-state index is 5.92. The summed E-state index contributed by atoms with van der Waals surface area (Å²) in [6.07, 6.45) is 7.03. The summed E-state index contributed by atoms with van der Waals surface area (Å²) >= 11 is 1.57. The Labute approximate surface area is 181 Å². The number of benzene rings is 2. The van der Waals surface area contributed by atoms with Crippen molar-refractivity contribution in [3.63, 3.8) is 0 Å². The number of aromatic nitrogens is 1. The zero-order chi connectivity index (χ0) is 20.6. The fourth-order valence-corrected chi connectivity index (χ4v) is 3.94. The molecule has 0 aliphatic carbocycles. The number of pyridine rings is 1. The van der Waals surface area contributed by atoms with Gasteiger partial charge in [-0.2, -0.15) is 0 Å². The molecule has 4 rings (SSSR count). The minimum atomic E-state index is 0.714. The highest BCUT2D eigenvalue weighted by atomic mass is 32.2. The van der Waals surface area contributed by atoms with Gasteiger partial charge >= 0.3 is 0 Å². The van der Waals surface area contributed by atoms with E-state index in [-0.39, 0.29) is 0 Å². The quantitative estimate of drug-likeness (QED) is 0.212. The van der Waals surface area contributed by atoms with E-state index in [1.54, 1.807) is 18.0 Å². The van der Waals surface area contributed by atoms with Crippen molar-refractivity contribution in [2.45, 2.75) is 36.2 Å². The molecule has 0 amide bonds. The molecule has 0 unspecified atom stereocenters. The first kappa shape index (κ1) is 20.2. The summed E-state index contributed by atoms with van der Waals surface area (Å²) < 4.78 is 11.7. The second-order valence-corrected chi connectivity index (χ2v) is 7.94. The van der Waals surface area contributed by atoms with Crippen LogP contribution in [0.1, 0.15) is 31.9 Å². The highest BCUT2D eigenvalue weighted by molar-refractivity contribution is 7.99. The van der Waals surface area contributed by atoms with Crippen molar-refractivity contribution in [1.29, 1.82) is 0 Å². The molecule has 2 heterocycles. The Morgan fingerprint density at radius 1 is 1.00 bits per heavy atom. The van der Waals surface area contributed by atoms with E-state index in [0.29, 0.717) is 5.76 Å². The molecule has 152 valence electrons. The van der Waals surface area contributed by atoms with Crippen LogP contribution in [0.15, 0.2) is 92.3 Å². The molecular formula is C25H24N2O2S. The van der Waals surface area contributed by atoms with Gasteiger partial charge in [-0.3, -0.25) is 9.98 Å². The molecule has 2 aromatic heterocycles. The van der Waals surface area contributed by atoms with Crippen LogP contribution in [0.2, 0.25) is 0 Å². The molecule has 2 aromatic carbocycles. The summed E-state index contributed by atoms with van der Waals surface area (Å²) in [5, 5.41) is 1.93. The lowest BCUT2D eigenvalue weighted by atomic mass is 10.2. The molecule has 30 heavy (non-hydrogen) atoms. The van der Waals surface area contributed by atoms with Crippen LogP contribution in [0.3, 0.4) is 0 Å². The zero-order valence-corrected chi connectivity index (χ0v) is 17.8. The Morgan fingerprint density at radius 3 is 2.73 bits per heavy atom. The molecule has 0 fully saturated rings. The summed E-state index contributed by atoms with van der Waals surface area (Å²) in [6.45, 7) is 2.95. The Morgan fingerprint density at radius 2 is 1.87 bits per heavy atom. The predicted molar refractivity (Wildman–Crippen MR) is 123 cm³/mol. The number of para-hydroxylation sites is 1. The van der Waals surface area contributed by atoms with Crippen LogP contribution in [0, 0.1) is 0 Å². The van der Waals surface area contributed by atoms with E-state index >= 15 is 0 Å². The molecule has 0 aliphatic rings. The van der Waals surface area contributed by atoms with Gasteiger partial charge in [-0.15, -0.1) is 0 Å². The average molecular weight is 417 g/mol. The minimum absolute atomic E-state index is 0.714. The number of nitrogens with zero attached hydrogens (tertiary/aromatic N) is 2. The van der Waals surface area contributed by atoms with Crippen molar-refractivity contribution in [3.05, 3.63) is 78.7 Å². The molecule has 0 saturated carbocycles. The van der Waals surface area contributed by atoms with E-state index in [4.69, 9.17) is 9.15 Å². The van der Waals surface area contributed by atoms with Crippen molar-refractivity contribution in [2.75, 3.05) is 6.61 Å². The number of furan rings is 1. The lowest BCUT2D eigenvalue weighted by molar-refractivity contribution is 0.306. The summed E-state index contributed by atoms with van der Waals surface area (Å²) in [5.41, 5.74) is 1.84. The number of hydrogen-bond acceptors (Lipinski definition) is 5. The summed E-state index contributed by atoms with van der Waals surface area (Å²) in [5.74, 6) is 1.59. The van der Waals surface area contributed by atoms with Gasteiger partial charge in [0.05, 0.1) is 24.0 Å². The van der Waals surface area contributed by atoms with Gasteiger partial charge < -0.3 is 9.15 Å². The minimum Gasteiger partial charge on any atom is -0.494 e. The number of rotatable bonds is 9. The van der Waals surface area contributed by atoms with Gasteiger partial charge in [-0.05, 0) is 66.7 Å². The van der Waals surface area contributed by atoms with Crippen LogP contribution < -0.4 is 4.74 Å². The molecule has 0 saturated heterocycles. The van der Waals surface area contributed by atoms with E-state index in [0.717, 1.165) is 45.4 Å². The summed E-state index contributed by atoms with van der Waals surface area (Å²) in [7, 11) is 0. The fourth-order valence-electron chi connectivity index (χ4n) is 3.03. The number of fused-ring (bicyclic) bond motifs is 1. The number of hydrogen-bond donors (Lipinski definition) is 0. The van der Waals surface area contributed by atoms with Crippen molar-refractivity contribution in [2.24, 2.45) is 4.99 Å². The average Bonchev–Trinajstić information content (AvgIpc) is 3.24. The van der Waals surface area contributed by atoms with E-state index in [9.17, 15) is 0 Å². The van der Waals surface area contributed by atoms with Gasteiger partial charge in [-0.25, -0.2) is 0 Å². The van der Waals surface area contributed by atoms with Gasteiger partial charge in [0, 0.05) is 16.5 Å². The van der Waals surface area contributed by atoms with Crippen LogP contribution >= 0.6 is 11.8 Å². The Balaban J connectivity index is 1.38. The topological polar surface area (TPSA) is 47.6 Å². The predicted octanol–water partition coefficient (Wildman–Crippen LogP) is 7.30. The van der Waals surface area contributed by atoms with Crippen LogP contribution in [0.4, 0.5) is 5.69 Å². The molecule has 0 N–H and O–H groups in total. The normalized spacial score (nSPS) is 11.4. The molecule has 0 bridgehead atoms. The molecule has 0 aliphatic heterocycles. The van der Waals surface area contributed by atoms with Gasteiger partial charge in [-0.1, -0.05) is 38.0 Å². The van der Waals surface area contributed by atoms with Gasteiger partial charge in [0.2, 0.25) is 0 Å². The highest BCUT2D eigenvalue weighted by Gasteiger charge is 2.07. The van der Waals surface area contributed by atoms with Crippen LogP contribution in [0.25, 0.3) is 10.9 Å². The van der Waals surface area contributed by atoms with Crippen molar-refractivity contribution < 1.29 is 9.15 Å². The van der Waals surface area contributed by atoms with Gasteiger partial charge in [0.25, 0.3) is 0 Å². The Kier molecular flexibility index (Phi) is 6.83. The molecule has 5 heteroatoms. The second kappa shape index (κ2) is 10.1. The third kappa shape index (κ3) is 5.30. The van der Waals surface area contributed by atoms with E-state index in [2.05, 4.69) is 35.1 Å². The maximum Gasteiger partial charge on any atom is 0.165 e. The van der Waals surface area contributed by atoms with Crippen molar-refractivity contribution >= 4 is 34.6 Å². The van der Waals surface area contributed by atoms with Crippen LogP contribution in [-0.2, 0) is 0 Å². The van der Waals surface area contributed by atoms with E-state index in [1.165, 1.54) is 12.8 Å². The molecule has 4 aromatic rings. The molecular weight excluding hydrogens is 392 g/mol. The summed E-state index contributed by atoms with van der Waals surface area (Å²) in [4.78, 5) is 10.1. The fraction of sp³-hybridized carbons (Fsp3) is 0.200. The van der Waals surface area contributed by atoms with E-state index < -0.39 is 0 Å². The molecule has 0 atom stereocenters. The van der Waals surface area contributed by atoms with Gasteiger partial charge in [0.1, 0.15) is 11.5 Å². The summed E-state index contributed by atoms with van der Waals surface area (Å²) in [6, 6.07) is 21.9. The Bertz CT molecular complexity index is 1110. The first-order valence-electron chi connectivity index (χ1n) is 10.2. The van der Waals surface area contributed by atoms with Crippen molar-refractivity contribution in [3.8, 4) is 5.75 Å². The largest absolute Gasteiger partial charge is 0.494 e. The SMILES string of the molecule is CCCCCOc1ccc(N=Cc2ccc(Sc3cccc4cccnc34)o2)cc1. The zero-order valence-electron chi connectivity index (χ0n) is 17.0. The van der Waals surface area contributed by atoms with Crippen molar-refractivity contribution in [1.82, 2.24) is 4.98 Å². The monoisotopic (exact) mass is 416 g/mol. The lowest BCUT2D eigenvalue weighted by Crippen LogP contribution is -1.96.